The van der Waals surface area contributed by atoms with Gasteiger partial charge in [0.2, 0.25) is 29.5 Å². The zero-order valence-electron chi connectivity index (χ0n) is 26.4. The highest BCUT2D eigenvalue weighted by Gasteiger charge is 2.40. The van der Waals surface area contributed by atoms with Crippen molar-refractivity contribution in [2.24, 2.45) is 11.1 Å². The van der Waals surface area contributed by atoms with Gasteiger partial charge in [0.15, 0.2) is 0 Å². The third kappa shape index (κ3) is 14.2. The molecule has 0 aliphatic carbocycles. The lowest BCUT2D eigenvalue weighted by Gasteiger charge is -2.29. The van der Waals surface area contributed by atoms with Crippen LogP contribution in [0.2, 0.25) is 0 Å². The number of amides is 5. The van der Waals surface area contributed by atoms with Crippen LogP contribution in [-0.4, -0.2) is 126 Å². The van der Waals surface area contributed by atoms with E-state index in [0.717, 1.165) is 9.80 Å². The maximum absolute atomic E-state index is 12.6. The van der Waals surface area contributed by atoms with Crippen molar-refractivity contribution in [3.8, 4) is 0 Å². The predicted molar refractivity (Wildman–Crippen MR) is 161 cm³/mol. The predicted octanol–water partition coefficient (Wildman–Crippen LogP) is -0.589. The second-order valence-electron chi connectivity index (χ2n) is 12.2. The largest absolute Gasteiger partial charge is 0.377 e. The molecule has 1 rings (SSSR count). The summed E-state index contributed by atoms with van der Waals surface area (Å²) in [5, 5.41) is 14.2. The number of aliphatic hydroxyl groups is 1. The zero-order chi connectivity index (χ0) is 33.0. The van der Waals surface area contributed by atoms with E-state index in [9.17, 15) is 33.9 Å². The normalized spacial score (nSPS) is 17.0. The number of ether oxygens (including phenoxy) is 2. The first-order valence-electron chi connectivity index (χ1n) is 14.3. The average molecular weight is 632 g/mol. The van der Waals surface area contributed by atoms with Crippen LogP contribution in [0.5, 0.6) is 0 Å². The van der Waals surface area contributed by atoms with Gasteiger partial charge in [0.05, 0.1) is 25.1 Å². The molecule has 246 valence electrons. The molecule has 0 bridgehead atoms. The lowest BCUT2D eigenvalue weighted by atomic mass is 9.86. The van der Waals surface area contributed by atoms with Crippen molar-refractivity contribution in [1.82, 2.24) is 20.4 Å². The molecule has 0 aromatic carbocycles. The number of nitrogens with one attached hydrogen (secondary N) is 2. The monoisotopic (exact) mass is 631 g/mol. The summed E-state index contributed by atoms with van der Waals surface area (Å²) in [4.78, 5) is 77.0. The highest BCUT2D eigenvalue weighted by Crippen LogP contribution is 2.34. The summed E-state index contributed by atoms with van der Waals surface area (Å²) in [6.45, 7) is 11.1. The summed E-state index contributed by atoms with van der Waals surface area (Å²) < 4.78 is 10.6. The molecule has 0 aromatic rings. The van der Waals surface area contributed by atoms with Crippen LogP contribution < -0.4 is 16.4 Å². The fourth-order valence-corrected chi connectivity index (χ4v) is 5.14. The Balaban J connectivity index is 2.34. The van der Waals surface area contributed by atoms with Gasteiger partial charge in [0.1, 0.15) is 24.7 Å². The molecule has 1 aliphatic rings. The summed E-state index contributed by atoms with van der Waals surface area (Å²) in [5.41, 5.74) is 4.61. The Morgan fingerprint density at radius 3 is 2.30 bits per heavy atom. The number of likely N-dealkylation sites (N-methyl/N-ethyl adjacent to an activating group) is 1. The van der Waals surface area contributed by atoms with Gasteiger partial charge in [-0.3, -0.25) is 33.7 Å². The molecule has 5 amide bonds. The number of rotatable bonds is 18. The first-order valence-corrected chi connectivity index (χ1v) is 15.2. The third-order valence-corrected chi connectivity index (χ3v) is 7.70. The van der Waals surface area contributed by atoms with Crippen LogP contribution in [0.25, 0.3) is 0 Å². The fraction of sp³-hybridized carbons (Fsp3) is 0.786. The minimum atomic E-state index is -1.31. The summed E-state index contributed by atoms with van der Waals surface area (Å²) >= 11 is 1.45. The smallest absolute Gasteiger partial charge is 0.249 e. The van der Waals surface area contributed by atoms with Crippen molar-refractivity contribution in [3.63, 3.8) is 0 Å². The third-order valence-electron chi connectivity index (χ3n) is 6.34. The van der Waals surface area contributed by atoms with Crippen molar-refractivity contribution in [1.29, 1.82) is 0 Å². The molecule has 1 saturated heterocycles. The molecule has 5 N–H and O–H groups in total. The fourth-order valence-electron chi connectivity index (χ4n) is 3.83. The molecule has 0 aromatic heterocycles. The molecule has 1 heterocycles. The first kappa shape index (κ1) is 38.4. The number of carbonyl (C=O) groups excluding carboxylic acids is 6. The molecular weight excluding hydrogens is 582 g/mol. The molecule has 3 unspecified atom stereocenters. The Hall–Kier alpha value is -2.59. The van der Waals surface area contributed by atoms with Gasteiger partial charge in [-0.1, -0.05) is 41.5 Å². The van der Waals surface area contributed by atoms with Gasteiger partial charge >= 0.3 is 0 Å². The molecule has 0 radical (unpaired) electrons. The number of hydrogen-bond acceptors (Lipinski definition) is 11. The second-order valence-corrected chi connectivity index (χ2v) is 14.3. The number of carbonyl (C=O) groups is 6. The van der Waals surface area contributed by atoms with Gasteiger partial charge in [-0.25, -0.2) is 0 Å². The van der Waals surface area contributed by atoms with Gasteiger partial charge in [-0.2, -0.15) is 0 Å². The molecule has 14 nitrogen and oxygen atoms in total. The van der Waals surface area contributed by atoms with Crippen LogP contribution in [0.3, 0.4) is 0 Å². The molecule has 15 heteroatoms. The Bertz CT molecular complexity index is 996. The number of imide groups is 1. The van der Waals surface area contributed by atoms with E-state index in [1.54, 1.807) is 20.8 Å². The van der Waals surface area contributed by atoms with Crippen molar-refractivity contribution in [2.75, 3.05) is 53.1 Å². The number of hydrogen-bond donors (Lipinski definition) is 4. The highest BCUT2D eigenvalue weighted by atomic mass is 32.2. The van der Waals surface area contributed by atoms with E-state index in [2.05, 4.69) is 10.6 Å². The molecule has 0 saturated carbocycles. The number of likely N-dealkylation sites (tertiary alicyclic amines) is 1. The van der Waals surface area contributed by atoms with Gasteiger partial charge in [0, 0.05) is 56.1 Å². The highest BCUT2D eigenvalue weighted by molar-refractivity contribution is 8.01. The van der Waals surface area contributed by atoms with Crippen LogP contribution in [0.15, 0.2) is 0 Å². The molecular formula is C28H49N5O9S. The topological polar surface area (TPSA) is 198 Å². The van der Waals surface area contributed by atoms with Crippen LogP contribution in [-0.2, 0) is 38.2 Å². The lowest BCUT2D eigenvalue weighted by Crippen LogP contribution is -2.53. The molecule has 1 aliphatic heterocycles. The maximum atomic E-state index is 12.6. The minimum Gasteiger partial charge on any atom is -0.377 e. The van der Waals surface area contributed by atoms with Gasteiger partial charge in [-0.15, -0.1) is 11.8 Å². The number of Topliss-reactive ketones (excluding diaryl/α,β-unsaturated/α-hetero) is 1. The number of nitrogens with zero attached hydrogens (tertiary/aromatic N) is 2. The molecule has 1 fully saturated rings. The Kier molecular flexibility index (Phi) is 15.8. The van der Waals surface area contributed by atoms with E-state index in [4.69, 9.17) is 15.2 Å². The number of nitrogens with two attached hydrogens (primary N) is 1. The van der Waals surface area contributed by atoms with Crippen LogP contribution in [0.4, 0.5) is 0 Å². The zero-order valence-corrected chi connectivity index (χ0v) is 27.2. The van der Waals surface area contributed by atoms with Crippen molar-refractivity contribution >= 4 is 47.1 Å². The van der Waals surface area contributed by atoms with Crippen LogP contribution in [0, 0.1) is 5.41 Å². The summed E-state index contributed by atoms with van der Waals surface area (Å²) in [6.07, 6.45) is -1.42. The lowest BCUT2D eigenvalue weighted by molar-refractivity contribution is -0.146. The van der Waals surface area contributed by atoms with E-state index < -0.39 is 34.7 Å². The van der Waals surface area contributed by atoms with E-state index >= 15 is 0 Å². The Morgan fingerprint density at radius 1 is 1.09 bits per heavy atom. The molecule has 0 spiro atoms. The molecule has 3 atom stereocenters. The Morgan fingerprint density at radius 2 is 1.72 bits per heavy atom. The average Bonchev–Trinajstić information content (AvgIpc) is 3.15. The summed E-state index contributed by atoms with van der Waals surface area (Å²) in [7, 11) is 1.37. The van der Waals surface area contributed by atoms with Crippen molar-refractivity contribution in [2.45, 2.75) is 83.1 Å². The summed E-state index contributed by atoms with van der Waals surface area (Å²) in [6, 6.07) is -1.16. The van der Waals surface area contributed by atoms with E-state index in [-0.39, 0.29) is 93.6 Å². The SMILES string of the molecule is CN(C(=O)COCCOCCNC(=O)CCN1C(=O)CC(SC(C)(C)C)C1=O)C(CC(=O)C(C)(C)C)C(=O)NC(O)CN. The number of aliphatic hydroxyl groups excluding tert-OH is 1. The van der Waals surface area contributed by atoms with E-state index in [0.29, 0.717) is 0 Å². The van der Waals surface area contributed by atoms with Gasteiger partial charge in [0.25, 0.3) is 0 Å². The van der Waals surface area contributed by atoms with E-state index in [1.807, 2.05) is 20.8 Å². The number of thioether (sulfide) groups is 1. The van der Waals surface area contributed by atoms with Crippen molar-refractivity contribution in [3.05, 3.63) is 0 Å². The van der Waals surface area contributed by atoms with Crippen LogP contribution in [0.1, 0.15) is 60.8 Å². The van der Waals surface area contributed by atoms with Gasteiger partial charge < -0.3 is 35.8 Å². The molecule has 43 heavy (non-hydrogen) atoms. The van der Waals surface area contributed by atoms with Crippen LogP contribution >= 0.6 is 11.8 Å². The second kappa shape index (κ2) is 17.6. The Labute approximate surface area is 258 Å². The summed E-state index contributed by atoms with van der Waals surface area (Å²) in [5.74, 6) is -2.33. The van der Waals surface area contributed by atoms with E-state index in [1.165, 1.54) is 18.8 Å². The maximum Gasteiger partial charge on any atom is 0.249 e. The standard InChI is InChI=1S/C28H49N5O9S/c1-27(2,3)20(34)14-18(25(39)31-22(36)16-29)32(7)24(38)17-42-13-12-41-11-9-30-21(35)8-10-33-23(37)15-19(26(33)40)43-28(4,5)6/h18-19,22,36H,8-17,29H2,1-7H3,(H,30,35)(H,31,39). The van der Waals surface area contributed by atoms with Gasteiger partial charge in [-0.05, 0) is 0 Å². The minimum absolute atomic E-state index is 0.00528. The quantitative estimate of drug-likeness (QED) is 0.0857. The number of ketones is 1. The first-order chi connectivity index (χ1) is 19.9. The van der Waals surface area contributed by atoms with Crippen molar-refractivity contribution < 1.29 is 43.3 Å².